The molecule has 0 spiro atoms. The summed E-state index contributed by atoms with van der Waals surface area (Å²) in [6.45, 7) is 6.36. The van der Waals surface area contributed by atoms with Crippen molar-refractivity contribution in [1.82, 2.24) is 5.32 Å². The van der Waals surface area contributed by atoms with Crippen molar-refractivity contribution < 1.29 is 13.9 Å². The number of ether oxygens (including phenoxy) is 2. The number of para-hydroxylation sites is 1. The van der Waals surface area contributed by atoms with Gasteiger partial charge in [0, 0.05) is 18.7 Å². The molecular weight excluding hydrogens is 389 g/mol. The van der Waals surface area contributed by atoms with Crippen LogP contribution in [0.4, 0.5) is 4.39 Å². The first-order valence-corrected chi connectivity index (χ1v) is 9.54. The van der Waals surface area contributed by atoms with Crippen molar-refractivity contribution in [3.05, 3.63) is 94.8 Å². The Morgan fingerprint density at radius 1 is 0.828 bits per heavy atom. The Hall–Kier alpha value is -2.56. The molecular formula is C24H27ClFNO2. The maximum Gasteiger partial charge on any atom is 0.166 e. The maximum atomic E-state index is 13.0. The van der Waals surface area contributed by atoms with E-state index in [9.17, 15) is 4.39 Å². The van der Waals surface area contributed by atoms with Crippen LogP contribution in [0, 0.1) is 12.7 Å². The van der Waals surface area contributed by atoms with E-state index in [4.69, 9.17) is 9.47 Å². The van der Waals surface area contributed by atoms with E-state index in [1.807, 2.05) is 25.1 Å². The minimum absolute atomic E-state index is 0. The van der Waals surface area contributed by atoms with E-state index in [1.54, 1.807) is 12.1 Å². The van der Waals surface area contributed by atoms with Crippen LogP contribution < -0.4 is 14.8 Å². The molecule has 154 valence electrons. The molecule has 3 rings (SSSR count). The summed E-state index contributed by atoms with van der Waals surface area (Å²) in [5, 5.41) is 3.39. The van der Waals surface area contributed by atoms with E-state index in [-0.39, 0.29) is 18.2 Å². The largest absolute Gasteiger partial charge is 0.490 e. The monoisotopic (exact) mass is 415 g/mol. The van der Waals surface area contributed by atoms with E-state index in [2.05, 4.69) is 36.5 Å². The number of nitrogens with one attached hydrogen (secondary N) is 1. The van der Waals surface area contributed by atoms with Crippen molar-refractivity contribution in [3.8, 4) is 11.5 Å². The number of halogens is 2. The molecule has 3 nitrogen and oxygen atoms in total. The van der Waals surface area contributed by atoms with E-state index >= 15 is 0 Å². The Balaban J connectivity index is 0.00000300. The third-order valence-electron chi connectivity index (χ3n) is 4.42. The third-order valence-corrected chi connectivity index (χ3v) is 4.42. The van der Waals surface area contributed by atoms with Gasteiger partial charge in [0.2, 0.25) is 0 Å². The lowest BCUT2D eigenvalue weighted by atomic mass is 10.1. The van der Waals surface area contributed by atoms with Gasteiger partial charge < -0.3 is 14.8 Å². The van der Waals surface area contributed by atoms with Gasteiger partial charge >= 0.3 is 0 Å². The van der Waals surface area contributed by atoms with Crippen molar-refractivity contribution in [2.24, 2.45) is 0 Å². The first kappa shape index (κ1) is 22.7. The molecule has 0 saturated heterocycles. The standard InChI is InChI=1S/C24H26FNO2.ClH/c1-3-27-23-6-4-5-21(16-26-15-19-11-13-22(25)14-12-19)24(23)28-17-20-9-7-18(2)8-10-20;/h4-14,26H,3,15-17H2,1-2H3;1H. The minimum atomic E-state index is -0.222. The van der Waals surface area contributed by atoms with Gasteiger partial charge in [0.15, 0.2) is 11.5 Å². The summed E-state index contributed by atoms with van der Waals surface area (Å²) >= 11 is 0. The molecule has 0 bridgehead atoms. The van der Waals surface area contributed by atoms with E-state index in [1.165, 1.54) is 17.7 Å². The van der Waals surface area contributed by atoms with Gasteiger partial charge in [-0.05, 0) is 43.2 Å². The lowest BCUT2D eigenvalue weighted by Gasteiger charge is -2.17. The molecule has 29 heavy (non-hydrogen) atoms. The Bertz CT molecular complexity index is 882. The number of benzene rings is 3. The van der Waals surface area contributed by atoms with Crippen molar-refractivity contribution in [2.75, 3.05) is 6.61 Å². The Morgan fingerprint density at radius 2 is 1.52 bits per heavy atom. The molecule has 0 aliphatic rings. The van der Waals surface area contributed by atoms with Gasteiger partial charge in [-0.15, -0.1) is 12.4 Å². The van der Waals surface area contributed by atoms with E-state index in [0.29, 0.717) is 26.3 Å². The molecule has 0 amide bonds. The summed E-state index contributed by atoms with van der Waals surface area (Å²) < 4.78 is 25.0. The van der Waals surface area contributed by atoms with Gasteiger partial charge in [-0.1, -0.05) is 54.1 Å². The highest BCUT2D eigenvalue weighted by Crippen LogP contribution is 2.32. The summed E-state index contributed by atoms with van der Waals surface area (Å²) in [6.07, 6.45) is 0. The fourth-order valence-electron chi connectivity index (χ4n) is 2.92. The predicted octanol–water partition coefficient (Wildman–Crippen LogP) is 5.82. The Labute approximate surface area is 178 Å². The summed E-state index contributed by atoms with van der Waals surface area (Å²) in [4.78, 5) is 0. The smallest absolute Gasteiger partial charge is 0.166 e. The van der Waals surface area contributed by atoms with Crippen LogP contribution in [0.1, 0.15) is 29.2 Å². The molecule has 0 heterocycles. The lowest BCUT2D eigenvalue weighted by molar-refractivity contribution is 0.266. The Morgan fingerprint density at radius 3 is 2.21 bits per heavy atom. The number of aryl methyl sites for hydroxylation is 1. The van der Waals surface area contributed by atoms with Crippen molar-refractivity contribution in [1.29, 1.82) is 0 Å². The predicted molar refractivity (Wildman–Crippen MR) is 117 cm³/mol. The van der Waals surface area contributed by atoms with Crippen LogP contribution in [-0.2, 0) is 19.7 Å². The van der Waals surface area contributed by atoms with Crippen molar-refractivity contribution in [2.45, 2.75) is 33.5 Å². The van der Waals surface area contributed by atoms with Gasteiger partial charge in [0.1, 0.15) is 12.4 Å². The van der Waals surface area contributed by atoms with Gasteiger partial charge in [-0.2, -0.15) is 0 Å². The zero-order chi connectivity index (χ0) is 19.8. The van der Waals surface area contributed by atoms with Crippen LogP contribution in [0.2, 0.25) is 0 Å². The molecule has 3 aromatic rings. The second-order valence-corrected chi connectivity index (χ2v) is 6.68. The average Bonchev–Trinajstić information content (AvgIpc) is 2.70. The molecule has 0 aliphatic carbocycles. The van der Waals surface area contributed by atoms with Gasteiger partial charge in [-0.3, -0.25) is 0 Å². The van der Waals surface area contributed by atoms with Crippen molar-refractivity contribution >= 4 is 12.4 Å². The first-order chi connectivity index (χ1) is 13.7. The quantitative estimate of drug-likeness (QED) is 0.477. The topological polar surface area (TPSA) is 30.5 Å². The van der Waals surface area contributed by atoms with E-state index in [0.717, 1.165) is 28.2 Å². The molecule has 1 N–H and O–H groups in total. The molecule has 0 saturated carbocycles. The SMILES string of the molecule is CCOc1cccc(CNCc2ccc(F)cc2)c1OCc1ccc(C)cc1.Cl. The van der Waals surface area contributed by atoms with Crippen LogP contribution in [0.15, 0.2) is 66.7 Å². The summed E-state index contributed by atoms with van der Waals surface area (Å²) in [5.74, 6) is 1.28. The minimum Gasteiger partial charge on any atom is -0.490 e. The lowest BCUT2D eigenvalue weighted by Crippen LogP contribution is -2.14. The molecule has 0 radical (unpaired) electrons. The second kappa shape index (κ2) is 11.4. The highest BCUT2D eigenvalue weighted by molar-refractivity contribution is 5.85. The molecule has 5 heteroatoms. The van der Waals surface area contributed by atoms with Gasteiger partial charge in [0.25, 0.3) is 0 Å². The average molecular weight is 416 g/mol. The zero-order valence-corrected chi connectivity index (χ0v) is 17.6. The summed E-state index contributed by atoms with van der Waals surface area (Å²) in [6, 6.07) is 20.8. The van der Waals surface area contributed by atoms with Crippen LogP contribution in [-0.4, -0.2) is 6.61 Å². The number of rotatable bonds is 9. The summed E-state index contributed by atoms with van der Waals surface area (Å²) in [7, 11) is 0. The molecule has 0 unspecified atom stereocenters. The van der Waals surface area contributed by atoms with Gasteiger partial charge in [0.05, 0.1) is 6.61 Å². The number of hydrogen-bond donors (Lipinski definition) is 1. The fraction of sp³-hybridized carbons (Fsp3) is 0.250. The molecule has 0 atom stereocenters. The van der Waals surface area contributed by atoms with Crippen molar-refractivity contribution in [3.63, 3.8) is 0 Å². The normalized spacial score (nSPS) is 10.3. The van der Waals surface area contributed by atoms with Gasteiger partial charge in [-0.25, -0.2) is 4.39 Å². The first-order valence-electron chi connectivity index (χ1n) is 9.54. The van der Waals surface area contributed by atoms with Crippen LogP contribution in [0.25, 0.3) is 0 Å². The molecule has 0 aromatic heterocycles. The molecule has 3 aromatic carbocycles. The fourth-order valence-corrected chi connectivity index (χ4v) is 2.92. The Kier molecular flexibility index (Phi) is 8.97. The number of hydrogen-bond acceptors (Lipinski definition) is 3. The maximum absolute atomic E-state index is 13.0. The van der Waals surface area contributed by atoms with Crippen LogP contribution in [0.5, 0.6) is 11.5 Å². The third kappa shape index (κ3) is 6.77. The molecule has 0 aliphatic heterocycles. The highest BCUT2D eigenvalue weighted by Gasteiger charge is 2.11. The summed E-state index contributed by atoms with van der Waals surface area (Å²) in [5.41, 5.74) is 4.40. The van der Waals surface area contributed by atoms with Crippen LogP contribution >= 0.6 is 12.4 Å². The second-order valence-electron chi connectivity index (χ2n) is 6.68. The highest BCUT2D eigenvalue weighted by atomic mass is 35.5. The van der Waals surface area contributed by atoms with E-state index < -0.39 is 0 Å². The van der Waals surface area contributed by atoms with Crippen LogP contribution in [0.3, 0.4) is 0 Å². The molecule has 0 fully saturated rings. The zero-order valence-electron chi connectivity index (χ0n) is 16.8.